The number of aliphatic hydroxyl groups excluding tert-OH is 1. The molecule has 0 spiro atoms. The molecule has 0 aliphatic rings. The summed E-state index contributed by atoms with van der Waals surface area (Å²) < 4.78 is 0. The first kappa shape index (κ1) is 11.1. The Bertz CT molecular complexity index is 467. The van der Waals surface area contributed by atoms with Gasteiger partial charge in [-0.3, -0.25) is 0 Å². The van der Waals surface area contributed by atoms with Crippen molar-refractivity contribution in [2.45, 2.75) is 18.9 Å². The van der Waals surface area contributed by atoms with E-state index in [-0.39, 0.29) is 12.6 Å². The van der Waals surface area contributed by atoms with Crippen LogP contribution in [0.3, 0.4) is 0 Å². The SMILES string of the molecule is N[C@@H](CCCO)c1ccc2ccccc2c1. The van der Waals surface area contributed by atoms with E-state index in [9.17, 15) is 0 Å². The Morgan fingerprint density at radius 3 is 2.56 bits per heavy atom. The highest BCUT2D eigenvalue weighted by Gasteiger charge is 2.05. The Labute approximate surface area is 95.7 Å². The number of nitrogens with two attached hydrogens (primary N) is 1. The number of rotatable bonds is 4. The van der Waals surface area contributed by atoms with Crippen LogP contribution in [0.1, 0.15) is 24.4 Å². The topological polar surface area (TPSA) is 46.2 Å². The zero-order valence-electron chi connectivity index (χ0n) is 9.26. The van der Waals surface area contributed by atoms with Gasteiger partial charge in [-0.25, -0.2) is 0 Å². The fourth-order valence-corrected chi connectivity index (χ4v) is 1.92. The van der Waals surface area contributed by atoms with Crippen molar-refractivity contribution in [2.24, 2.45) is 5.73 Å². The molecule has 2 rings (SSSR count). The summed E-state index contributed by atoms with van der Waals surface area (Å²) in [5, 5.41) is 11.2. The number of aliphatic hydroxyl groups is 1. The van der Waals surface area contributed by atoms with Crippen LogP contribution in [0.2, 0.25) is 0 Å². The second-order valence-corrected chi connectivity index (χ2v) is 4.08. The highest BCUT2D eigenvalue weighted by Crippen LogP contribution is 2.21. The molecule has 2 nitrogen and oxygen atoms in total. The lowest BCUT2D eigenvalue weighted by molar-refractivity contribution is 0.280. The first-order chi connectivity index (χ1) is 7.81. The highest BCUT2D eigenvalue weighted by molar-refractivity contribution is 5.83. The quantitative estimate of drug-likeness (QED) is 0.823. The monoisotopic (exact) mass is 215 g/mol. The van der Waals surface area contributed by atoms with Crippen molar-refractivity contribution in [3.63, 3.8) is 0 Å². The first-order valence-electron chi connectivity index (χ1n) is 5.66. The summed E-state index contributed by atoms with van der Waals surface area (Å²) in [6, 6.07) is 14.6. The largest absolute Gasteiger partial charge is 0.396 e. The minimum absolute atomic E-state index is 0.0248. The van der Waals surface area contributed by atoms with Crippen LogP contribution >= 0.6 is 0 Å². The van der Waals surface area contributed by atoms with Crippen LogP contribution in [0.5, 0.6) is 0 Å². The lowest BCUT2D eigenvalue weighted by atomic mass is 9.99. The Morgan fingerprint density at radius 2 is 1.81 bits per heavy atom. The van der Waals surface area contributed by atoms with E-state index in [1.807, 2.05) is 12.1 Å². The van der Waals surface area contributed by atoms with Crippen LogP contribution < -0.4 is 5.73 Å². The molecule has 0 amide bonds. The predicted octanol–water partition coefficient (Wildman–Crippen LogP) is 2.61. The lowest BCUT2D eigenvalue weighted by Crippen LogP contribution is -2.10. The van der Waals surface area contributed by atoms with Crippen LogP contribution in [0.25, 0.3) is 10.8 Å². The zero-order valence-corrected chi connectivity index (χ0v) is 9.26. The van der Waals surface area contributed by atoms with Crippen molar-refractivity contribution in [3.05, 3.63) is 48.0 Å². The average molecular weight is 215 g/mol. The van der Waals surface area contributed by atoms with Crippen LogP contribution in [-0.4, -0.2) is 11.7 Å². The lowest BCUT2D eigenvalue weighted by Gasteiger charge is -2.12. The van der Waals surface area contributed by atoms with Gasteiger partial charge in [-0.1, -0.05) is 36.4 Å². The third-order valence-corrected chi connectivity index (χ3v) is 2.87. The molecule has 0 bridgehead atoms. The third-order valence-electron chi connectivity index (χ3n) is 2.87. The molecule has 3 N–H and O–H groups in total. The fourth-order valence-electron chi connectivity index (χ4n) is 1.92. The van der Waals surface area contributed by atoms with E-state index in [2.05, 4.69) is 30.3 Å². The summed E-state index contributed by atoms with van der Waals surface area (Å²) in [6.45, 7) is 0.210. The fraction of sp³-hybridized carbons (Fsp3) is 0.286. The molecule has 0 aliphatic heterocycles. The Balaban J connectivity index is 2.25. The van der Waals surface area contributed by atoms with Crippen LogP contribution in [-0.2, 0) is 0 Å². The minimum Gasteiger partial charge on any atom is -0.396 e. The second-order valence-electron chi connectivity index (χ2n) is 4.08. The van der Waals surface area contributed by atoms with E-state index < -0.39 is 0 Å². The van der Waals surface area contributed by atoms with Gasteiger partial charge in [0.05, 0.1) is 0 Å². The maximum Gasteiger partial charge on any atom is 0.0431 e. The van der Waals surface area contributed by atoms with Crippen molar-refractivity contribution in [3.8, 4) is 0 Å². The molecule has 0 aliphatic carbocycles. The Kier molecular flexibility index (Phi) is 3.54. The molecule has 0 aromatic heterocycles. The van der Waals surface area contributed by atoms with E-state index in [1.165, 1.54) is 10.8 Å². The molecular formula is C14H17NO. The van der Waals surface area contributed by atoms with Crippen molar-refractivity contribution in [2.75, 3.05) is 6.61 Å². The molecule has 1 atom stereocenters. The van der Waals surface area contributed by atoms with Gasteiger partial charge in [0.15, 0.2) is 0 Å². The summed E-state index contributed by atoms with van der Waals surface area (Å²) >= 11 is 0. The average Bonchev–Trinajstić information content (AvgIpc) is 2.35. The molecule has 2 aromatic carbocycles. The summed E-state index contributed by atoms with van der Waals surface area (Å²) in [6.07, 6.45) is 1.59. The molecule has 0 radical (unpaired) electrons. The smallest absolute Gasteiger partial charge is 0.0431 e. The van der Waals surface area contributed by atoms with Gasteiger partial charge in [0, 0.05) is 12.6 Å². The zero-order chi connectivity index (χ0) is 11.4. The second kappa shape index (κ2) is 5.10. The van der Waals surface area contributed by atoms with Gasteiger partial charge in [0.25, 0.3) is 0 Å². The molecule has 2 aromatic rings. The molecular weight excluding hydrogens is 198 g/mol. The van der Waals surface area contributed by atoms with Crippen molar-refractivity contribution < 1.29 is 5.11 Å². The molecule has 0 saturated heterocycles. The van der Waals surface area contributed by atoms with E-state index in [0.717, 1.165) is 18.4 Å². The van der Waals surface area contributed by atoms with E-state index >= 15 is 0 Å². The van der Waals surface area contributed by atoms with E-state index in [1.54, 1.807) is 0 Å². The van der Waals surface area contributed by atoms with Gasteiger partial charge in [0.2, 0.25) is 0 Å². The van der Waals surface area contributed by atoms with Gasteiger partial charge in [-0.15, -0.1) is 0 Å². The number of benzene rings is 2. The maximum absolute atomic E-state index is 8.78. The van der Waals surface area contributed by atoms with E-state index in [0.29, 0.717) is 0 Å². The third kappa shape index (κ3) is 2.40. The van der Waals surface area contributed by atoms with Crippen molar-refractivity contribution in [1.82, 2.24) is 0 Å². The molecule has 0 unspecified atom stereocenters. The standard InChI is InChI=1S/C14H17NO/c15-14(6-3-9-16)13-8-7-11-4-1-2-5-12(11)10-13/h1-2,4-5,7-8,10,14,16H,3,6,9,15H2/t14-/m0/s1. The summed E-state index contributed by atoms with van der Waals surface area (Å²) in [5.74, 6) is 0. The molecule has 0 saturated carbocycles. The van der Waals surface area contributed by atoms with Crippen molar-refractivity contribution >= 4 is 10.8 Å². The summed E-state index contributed by atoms with van der Waals surface area (Å²) in [7, 11) is 0. The maximum atomic E-state index is 8.78. The highest BCUT2D eigenvalue weighted by atomic mass is 16.2. The van der Waals surface area contributed by atoms with Crippen LogP contribution in [0.4, 0.5) is 0 Å². The molecule has 0 heterocycles. The van der Waals surface area contributed by atoms with Crippen LogP contribution in [0.15, 0.2) is 42.5 Å². The number of fused-ring (bicyclic) bond motifs is 1. The van der Waals surface area contributed by atoms with Crippen molar-refractivity contribution in [1.29, 1.82) is 0 Å². The molecule has 2 heteroatoms. The molecule has 84 valence electrons. The van der Waals surface area contributed by atoms with Gasteiger partial charge >= 0.3 is 0 Å². The summed E-state index contributed by atoms with van der Waals surface area (Å²) in [4.78, 5) is 0. The van der Waals surface area contributed by atoms with Gasteiger partial charge in [0.1, 0.15) is 0 Å². The first-order valence-corrected chi connectivity index (χ1v) is 5.66. The Hall–Kier alpha value is -1.38. The van der Waals surface area contributed by atoms with Crippen LogP contribution in [0, 0.1) is 0 Å². The normalized spacial score (nSPS) is 12.9. The minimum atomic E-state index is 0.0248. The number of hydrogen-bond donors (Lipinski definition) is 2. The Morgan fingerprint density at radius 1 is 1.06 bits per heavy atom. The van der Waals surface area contributed by atoms with Gasteiger partial charge in [-0.05, 0) is 35.2 Å². The molecule has 0 fully saturated rings. The summed E-state index contributed by atoms with van der Waals surface area (Å²) in [5.41, 5.74) is 7.21. The van der Waals surface area contributed by atoms with E-state index in [4.69, 9.17) is 10.8 Å². The predicted molar refractivity (Wildman–Crippen MR) is 67.2 cm³/mol. The number of hydrogen-bond acceptors (Lipinski definition) is 2. The molecule has 16 heavy (non-hydrogen) atoms. The van der Waals surface area contributed by atoms with Gasteiger partial charge in [-0.2, -0.15) is 0 Å². The van der Waals surface area contributed by atoms with Gasteiger partial charge < -0.3 is 10.8 Å².